The van der Waals surface area contributed by atoms with Crippen molar-refractivity contribution in [2.75, 3.05) is 11.9 Å². The molecule has 0 spiro atoms. The van der Waals surface area contributed by atoms with Gasteiger partial charge in [-0.25, -0.2) is 4.98 Å². The molecular weight excluding hydrogens is 219 g/mol. The Labute approximate surface area is 94.8 Å². The molecule has 0 atom stereocenters. The highest BCUT2D eigenvalue weighted by Gasteiger charge is 2.18. The van der Waals surface area contributed by atoms with E-state index in [2.05, 4.69) is 30.7 Å². The van der Waals surface area contributed by atoms with Gasteiger partial charge in [0.05, 0.1) is 10.0 Å². The van der Waals surface area contributed by atoms with Crippen LogP contribution in [0.3, 0.4) is 0 Å². The highest BCUT2D eigenvalue weighted by atomic mass is 35.5. The average molecular weight is 233 g/mol. The topological polar surface area (TPSA) is 16.1 Å². The molecule has 0 aliphatic heterocycles. The van der Waals surface area contributed by atoms with Crippen LogP contribution in [0.25, 0.3) is 0 Å². The third-order valence-corrected chi connectivity index (χ3v) is 2.85. The third-order valence-electron chi connectivity index (χ3n) is 2.14. The number of hydrogen-bond donors (Lipinski definition) is 0. The van der Waals surface area contributed by atoms with Gasteiger partial charge >= 0.3 is 0 Å². The summed E-state index contributed by atoms with van der Waals surface area (Å²) in [6.45, 7) is 6.32. The summed E-state index contributed by atoms with van der Waals surface area (Å²) in [5, 5.41) is 1.02. The zero-order valence-corrected chi connectivity index (χ0v) is 10.3. The molecule has 14 heavy (non-hydrogen) atoms. The second-order valence-electron chi connectivity index (χ2n) is 4.19. The summed E-state index contributed by atoms with van der Waals surface area (Å²) in [6.07, 6.45) is 1.57. The maximum absolute atomic E-state index is 5.91. The molecule has 0 saturated heterocycles. The van der Waals surface area contributed by atoms with Crippen LogP contribution in [0, 0.1) is 0 Å². The van der Waals surface area contributed by atoms with Gasteiger partial charge < -0.3 is 4.90 Å². The zero-order chi connectivity index (χ0) is 10.9. The van der Waals surface area contributed by atoms with Crippen molar-refractivity contribution in [3.63, 3.8) is 0 Å². The first kappa shape index (κ1) is 11.6. The summed E-state index contributed by atoms with van der Waals surface area (Å²) in [5.74, 6) is 0.826. The predicted molar refractivity (Wildman–Crippen MR) is 62.4 cm³/mol. The summed E-state index contributed by atoms with van der Waals surface area (Å²) in [4.78, 5) is 6.27. The number of pyridine rings is 1. The fourth-order valence-electron chi connectivity index (χ4n) is 0.931. The van der Waals surface area contributed by atoms with E-state index in [4.69, 9.17) is 23.2 Å². The van der Waals surface area contributed by atoms with Gasteiger partial charge in [0.1, 0.15) is 5.82 Å². The normalized spacial score (nSPS) is 11.6. The van der Waals surface area contributed by atoms with Crippen molar-refractivity contribution in [1.29, 1.82) is 0 Å². The number of aromatic nitrogens is 1. The molecular formula is C10H14Cl2N2. The lowest BCUT2D eigenvalue weighted by Gasteiger charge is -2.33. The molecule has 1 aromatic heterocycles. The van der Waals surface area contributed by atoms with Gasteiger partial charge in [-0.15, -0.1) is 0 Å². The Hall–Kier alpha value is -0.470. The Kier molecular flexibility index (Phi) is 3.28. The quantitative estimate of drug-likeness (QED) is 0.736. The summed E-state index contributed by atoms with van der Waals surface area (Å²) in [6, 6.07) is 1.77. The highest BCUT2D eigenvalue weighted by molar-refractivity contribution is 6.42. The van der Waals surface area contributed by atoms with Gasteiger partial charge in [-0.1, -0.05) is 23.2 Å². The first-order valence-corrected chi connectivity index (χ1v) is 5.13. The SMILES string of the molecule is CN(c1cc(Cl)c(Cl)cn1)C(C)(C)C. The van der Waals surface area contributed by atoms with Crippen molar-refractivity contribution in [2.45, 2.75) is 26.3 Å². The molecule has 0 unspecified atom stereocenters. The molecule has 1 aromatic rings. The average Bonchev–Trinajstić information content (AvgIpc) is 2.07. The molecule has 1 heterocycles. The largest absolute Gasteiger partial charge is 0.355 e. The van der Waals surface area contributed by atoms with Crippen LogP contribution in [0.5, 0.6) is 0 Å². The van der Waals surface area contributed by atoms with E-state index in [1.807, 2.05) is 7.05 Å². The van der Waals surface area contributed by atoms with Gasteiger partial charge in [0, 0.05) is 24.8 Å². The maximum Gasteiger partial charge on any atom is 0.130 e. The lowest BCUT2D eigenvalue weighted by molar-refractivity contribution is 0.534. The zero-order valence-electron chi connectivity index (χ0n) is 8.81. The van der Waals surface area contributed by atoms with Crippen molar-refractivity contribution >= 4 is 29.0 Å². The van der Waals surface area contributed by atoms with E-state index in [-0.39, 0.29) is 5.54 Å². The molecule has 0 N–H and O–H groups in total. The molecule has 0 saturated carbocycles. The smallest absolute Gasteiger partial charge is 0.130 e. The minimum Gasteiger partial charge on any atom is -0.355 e. The first-order valence-electron chi connectivity index (χ1n) is 4.37. The molecule has 0 fully saturated rings. The number of anilines is 1. The minimum atomic E-state index is 0.0180. The van der Waals surface area contributed by atoms with Crippen LogP contribution in [0.2, 0.25) is 10.0 Å². The van der Waals surface area contributed by atoms with Crippen LogP contribution in [0.4, 0.5) is 5.82 Å². The van der Waals surface area contributed by atoms with Crippen molar-refractivity contribution in [2.24, 2.45) is 0 Å². The molecule has 0 aliphatic rings. The summed E-state index contributed by atoms with van der Waals surface area (Å²) < 4.78 is 0. The Morgan fingerprint density at radius 3 is 2.21 bits per heavy atom. The maximum atomic E-state index is 5.91. The van der Waals surface area contributed by atoms with E-state index in [9.17, 15) is 0 Å². The summed E-state index contributed by atoms with van der Waals surface area (Å²) >= 11 is 11.7. The van der Waals surface area contributed by atoms with Crippen LogP contribution >= 0.6 is 23.2 Å². The molecule has 4 heteroatoms. The van der Waals surface area contributed by atoms with E-state index in [1.165, 1.54) is 0 Å². The fraction of sp³-hybridized carbons (Fsp3) is 0.500. The van der Waals surface area contributed by atoms with Gasteiger partial charge in [-0.05, 0) is 20.8 Å². The van der Waals surface area contributed by atoms with Gasteiger partial charge in [-0.3, -0.25) is 0 Å². The molecule has 0 radical (unpaired) electrons. The van der Waals surface area contributed by atoms with E-state index in [1.54, 1.807) is 12.3 Å². The van der Waals surface area contributed by atoms with Crippen LogP contribution in [-0.2, 0) is 0 Å². The molecule has 0 aromatic carbocycles. The summed E-state index contributed by atoms with van der Waals surface area (Å²) in [7, 11) is 1.98. The van der Waals surface area contributed by atoms with Crippen LogP contribution in [0.15, 0.2) is 12.3 Å². The molecule has 0 bridgehead atoms. The Balaban J connectivity index is 3.03. The van der Waals surface area contributed by atoms with Crippen LogP contribution < -0.4 is 4.90 Å². The Morgan fingerprint density at radius 2 is 1.79 bits per heavy atom. The van der Waals surface area contributed by atoms with Gasteiger partial charge in [0.2, 0.25) is 0 Å². The van der Waals surface area contributed by atoms with Crippen molar-refractivity contribution in [3.8, 4) is 0 Å². The Morgan fingerprint density at radius 1 is 1.21 bits per heavy atom. The van der Waals surface area contributed by atoms with Gasteiger partial charge in [0.25, 0.3) is 0 Å². The highest BCUT2D eigenvalue weighted by Crippen LogP contribution is 2.27. The van der Waals surface area contributed by atoms with Crippen molar-refractivity contribution in [1.82, 2.24) is 4.98 Å². The summed E-state index contributed by atoms with van der Waals surface area (Å²) in [5.41, 5.74) is 0.0180. The lowest BCUT2D eigenvalue weighted by Crippen LogP contribution is -2.38. The lowest BCUT2D eigenvalue weighted by atomic mass is 10.1. The molecule has 78 valence electrons. The molecule has 2 nitrogen and oxygen atoms in total. The third kappa shape index (κ3) is 2.52. The minimum absolute atomic E-state index is 0.0180. The van der Waals surface area contributed by atoms with E-state index in [0.717, 1.165) is 5.82 Å². The predicted octanol–water partition coefficient (Wildman–Crippen LogP) is 3.62. The van der Waals surface area contributed by atoms with E-state index < -0.39 is 0 Å². The number of hydrogen-bond acceptors (Lipinski definition) is 2. The Bertz CT molecular complexity index is 331. The first-order chi connectivity index (χ1) is 6.32. The number of rotatable bonds is 1. The second-order valence-corrected chi connectivity index (χ2v) is 5.00. The fourth-order valence-corrected chi connectivity index (χ4v) is 1.18. The molecule has 0 aliphatic carbocycles. The standard InChI is InChI=1S/C10H14Cl2N2/c1-10(2,3)14(4)9-5-7(11)8(12)6-13-9/h5-6H,1-4H3. The monoisotopic (exact) mass is 232 g/mol. The second kappa shape index (κ2) is 3.95. The van der Waals surface area contributed by atoms with E-state index >= 15 is 0 Å². The number of nitrogens with zero attached hydrogens (tertiary/aromatic N) is 2. The van der Waals surface area contributed by atoms with Crippen LogP contribution in [-0.4, -0.2) is 17.6 Å². The van der Waals surface area contributed by atoms with Crippen molar-refractivity contribution in [3.05, 3.63) is 22.3 Å². The van der Waals surface area contributed by atoms with Crippen molar-refractivity contribution < 1.29 is 0 Å². The molecule has 1 rings (SSSR count). The molecule has 0 amide bonds. The van der Waals surface area contributed by atoms with E-state index in [0.29, 0.717) is 10.0 Å². The van der Waals surface area contributed by atoms with Crippen LogP contribution in [0.1, 0.15) is 20.8 Å². The van der Waals surface area contributed by atoms with Gasteiger partial charge in [-0.2, -0.15) is 0 Å². The van der Waals surface area contributed by atoms with Gasteiger partial charge in [0.15, 0.2) is 0 Å². The number of halogens is 2.